The summed E-state index contributed by atoms with van der Waals surface area (Å²) in [6, 6.07) is 14.7. The van der Waals surface area contributed by atoms with Gasteiger partial charge in [0.15, 0.2) is 5.41 Å². The average Bonchev–Trinajstić information content (AvgIpc) is 2.90. The van der Waals surface area contributed by atoms with E-state index in [0.717, 1.165) is 28.6 Å². The van der Waals surface area contributed by atoms with E-state index in [1.54, 1.807) is 6.20 Å². The van der Waals surface area contributed by atoms with Crippen molar-refractivity contribution >= 4 is 34.0 Å². The number of hydrogen-bond donors (Lipinski definition) is 4. The highest BCUT2D eigenvalue weighted by Crippen LogP contribution is 2.53. The second-order valence-corrected chi connectivity index (χ2v) is 8.95. The minimum absolute atomic E-state index is 0.0166. The van der Waals surface area contributed by atoms with Gasteiger partial charge in [-0.15, -0.1) is 0 Å². The highest BCUT2D eigenvalue weighted by atomic mass is 19.4. The summed E-state index contributed by atoms with van der Waals surface area (Å²) in [6.07, 6.45) is -8.25. The highest BCUT2D eigenvalue weighted by Gasteiger charge is 2.69. The van der Waals surface area contributed by atoms with E-state index in [0.29, 0.717) is 12.6 Å². The van der Waals surface area contributed by atoms with Crippen LogP contribution in [0, 0.1) is 0 Å². The average molecular weight is 564 g/mol. The van der Waals surface area contributed by atoms with Gasteiger partial charge in [0.05, 0.1) is 11.1 Å². The van der Waals surface area contributed by atoms with Crippen molar-refractivity contribution in [3.05, 3.63) is 89.7 Å². The van der Waals surface area contributed by atoms with Crippen LogP contribution in [0.15, 0.2) is 73.1 Å². The third kappa shape index (κ3) is 5.64. The lowest BCUT2D eigenvalue weighted by molar-refractivity contribution is -0.297. The number of benzene rings is 2. The normalized spacial score (nSPS) is 12.3. The van der Waals surface area contributed by atoms with Crippen LogP contribution < -0.4 is 16.0 Å². The number of fused-ring (bicyclic) bond motifs is 1. The number of hydrogen-bond acceptors (Lipinski definition) is 6. The highest BCUT2D eigenvalue weighted by molar-refractivity contribution is 6.07. The van der Waals surface area contributed by atoms with E-state index >= 15 is 0 Å². The number of halogens is 6. The van der Waals surface area contributed by atoms with Crippen molar-refractivity contribution in [1.29, 1.82) is 0 Å². The summed E-state index contributed by atoms with van der Waals surface area (Å²) < 4.78 is 81.9. The summed E-state index contributed by atoms with van der Waals surface area (Å²) in [6.45, 7) is -0.630. The number of nitrogens with zero attached hydrogens (tertiary/aromatic N) is 2. The molecule has 0 bridgehead atoms. The van der Waals surface area contributed by atoms with E-state index in [1.165, 1.54) is 18.3 Å². The number of nitrogens with one attached hydrogen (secondary N) is 3. The lowest BCUT2D eigenvalue weighted by atomic mass is 9.79. The second kappa shape index (κ2) is 11.0. The first-order valence-electron chi connectivity index (χ1n) is 11.8. The molecule has 0 saturated carbocycles. The smallest absolute Gasteiger partial charge is 0.377 e. The van der Waals surface area contributed by atoms with Crippen LogP contribution in [0.3, 0.4) is 0 Å². The Kier molecular flexibility index (Phi) is 7.87. The molecule has 0 spiro atoms. The summed E-state index contributed by atoms with van der Waals surface area (Å²) in [5, 5.41) is 17.8. The molecule has 40 heavy (non-hydrogen) atoms. The molecule has 0 aliphatic carbocycles. The molecular weight excluding hydrogens is 540 g/mol. The minimum atomic E-state index is -5.69. The number of alkyl halides is 6. The van der Waals surface area contributed by atoms with Crippen molar-refractivity contribution in [2.75, 3.05) is 22.7 Å². The molecule has 0 aliphatic rings. The van der Waals surface area contributed by atoms with Crippen LogP contribution in [0.25, 0.3) is 10.9 Å². The molecular formula is C27H23F6N5O2. The fraction of sp³-hybridized carbons (Fsp3) is 0.222. The molecule has 4 rings (SSSR count). The molecule has 4 N–H and O–H groups in total. The van der Waals surface area contributed by atoms with Crippen molar-refractivity contribution in [2.24, 2.45) is 0 Å². The van der Waals surface area contributed by atoms with Gasteiger partial charge in [-0.2, -0.15) is 26.3 Å². The molecule has 0 radical (unpaired) electrons. The molecule has 13 heteroatoms. The molecule has 2 heterocycles. The summed E-state index contributed by atoms with van der Waals surface area (Å²) in [5.41, 5.74) is -4.36. The summed E-state index contributed by atoms with van der Waals surface area (Å²) >= 11 is 0. The van der Waals surface area contributed by atoms with Gasteiger partial charge in [0.1, 0.15) is 12.5 Å². The van der Waals surface area contributed by atoms with Gasteiger partial charge in [-0.3, -0.25) is 9.78 Å². The number of anilines is 3. The Morgan fingerprint density at radius 1 is 0.875 bits per heavy atom. The van der Waals surface area contributed by atoms with Crippen LogP contribution in [0.1, 0.15) is 28.4 Å². The van der Waals surface area contributed by atoms with Crippen LogP contribution in [-0.4, -0.2) is 40.1 Å². The second-order valence-electron chi connectivity index (χ2n) is 8.95. The van der Waals surface area contributed by atoms with E-state index in [1.807, 2.05) is 30.3 Å². The predicted molar refractivity (Wildman–Crippen MR) is 138 cm³/mol. The number of carbonyl (C=O) groups is 1. The van der Waals surface area contributed by atoms with E-state index in [-0.39, 0.29) is 24.0 Å². The van der Waals surface area contributed by atoms with Gasteiger partial charge in [0.2, 0.25) is 0 Å². The van der Waals surface area contributed by atoms with Crippen molar-refractivity contribution in [1.82, 2.24) is 9.97 Å². The van der Waals surface area contributed by atoms with Crippen molar-refractivity contribution in [2.45, 2.75) is 31.2 Å². The summed E-state index contributed by atoms with van der Waals surface area (Å²) in [5.74, 6) is -0.506. The summed E-state index contributed by atoms with van der Waals surface area (Å²) in [7, 11) is 0. The van der Waals surface area contributed by atoms with E-state index in [2.05, 4.69) is 25.9 Å². The predicted octanol–water partition coefficient (Wildman–Crippen LogP) is 6.24. The minimum Gasteiger partial charge on any atom is -0.377 e. The fourth-order valence-corrected chi connectivity index (χ4v) is 4.10. The van der Waals surface area contributed by atoms with Crippen LogP contribution in [-0.2, 0) is 12.0 Å². The quantitative estimate of drug-likeness (QED) is 0.150. The van der Waals surface area contributed by atoms with Crippen molar-refractivity contribution in [3.63, 3.8) is 0 Å². The zero-order valence-electron chi connectivity index (χ0n) is 20.9. The first-order chi connectivity index (χ1) is 18.8. The lowest BCUT2D eigenvalue weighted by Gasteiger charge is -2.35. The van der Waals surface area contributed by atoms with Gasteiger partial charge in [-0.05, 0) is 60.5 Å². The monoisotopic (exact) mass is 563 g/mol. The molecule has 0 unspecified atom stereocenters. The van der Waals surface area contributed by atoms with Gasteiger partial charge in [0, 0.05) is 35.7 Å². The number of pyridine rings is 2. The third-order valence-electron chi connectivity index (χ3n) is 6.40. The molecule has 0 aliphatic heterocycles. The first-order valence-corrected chi connectivity index (χ1v) is 11.8. The molecule has 0 fully saturated rings. The van der Waals surface area contributed by atoms with E-state index in [4.69, 9.17) is 0 Å². The zero-order valence-corrected chi connectivity index (χ0v) is 20.9. The fourth-order valence-electron chi connectivity index (χ4n) is 4.10. The third-order valence-corrected chi connectivity index (χ3v) is 6.40. The Balaban J connectivity index is 1.58. The van der Waals surface area contributed by atoms with Gasteiger partial charge < -0.3 is 21.1 Å². The maximum absolute atomic E-state index is 13.7. The van der Waals surface area contributed by atoms with Gasteiger partial charge >= 0.3 is 12.4 Å². The molecule has 4 aromatic rings. The first kappa shape index (κ1) is 28.6. The maximum atomic E-state index is 13.7. The number of aliphatic hydroxyl groups excluding tert-OH is 1. The van der Waals surface area contributed by atoms with Gasteiger partial charge in [-0.25, -0.2) is 4.98 Å². The topological polar surface area (TPSA) is 99.2 Å². The molecule has 2 aromatic carbocycles. The van der Waals surface area contributed by atoms with E-state index in [9.17, 15) is 36.2 Å². The van der Waals surface area contributed by atoms with Crippen LogP contribution in [0.5, 0.6) is 0 Å². The van der Waals surface area contributed by atoms with Crippen LogP contribution >= 0.6 is 0 Å². The van der Waals surface area contributed by atoms with Gasteiger partial charge in [0.25, 0.3) is 5.91 Å². The standard InChI is InChI=1S/C27H23F6N5O2/c1-25(26(28,29)30,27(31,32)33)20-8-7-18(13-22(20)37-15-39)38-24(40)19-5-3-11-35-23(19)36-14-16-6-9-21-17(12-16)4-2-10-34-21/h2-13,37,39H,14-15H2,1H3,(H,35,36)(H,38,40). The van der Waals surface area contributed by atoms with E-state index < -0.39 is 41.7 Å². The Hall–Kier alpha value is -4.39. The SMILES string of the molecule is CC(c1ccc(NC(=O)c2cccnc2NCc2ccc3ncccc3c2)cc1NCO)(C(F)(F)F)C(F)(F)F. The van der Waals surface area contributed by atoms with Crippen molar-refractivity contribution in [3.8, 4) is 0 Å². The van der Waals surface area contributed by atoms with Gasteiger partial charge in [-0.1, -0.05) is 18.2 Å². The maximum Gasteiger partial charge on any atom is 0.406 e. The molecule has 1 amide bonds. The lowest BCUT2D eigenvalue weighted by Crippen LogP contribution is -2.51. The van der Waals surface area contributed by atoms with Crippen molar-refractivity contribution < 1.29 is 36.2 Å². The number of carbonyl (C=O) groups excluding carboxylic acids is 1. The number of aliphatic hydroxyl groups is 1. The molecule has 0 atom stereocenters. The van der Waals surface area contributed by atoms with Crippen LogP contribution in [0.2, 0.25) is 0 Å². The summed E-state index contributed by atoms with van der Waals surface area (Å²) in [4.78, 5) is 21.5. The molecule has 210 valence electrons. The number of aromatic nitrogens is 2. The Bertz CT molecular complexity index is 1510. The Morgan fingerprint density at radius 2 is 1.57 bits per heavy atom. The van der Waals surface area contributed by atoms with Crippen LogP contribution in [0.4, 0.5) is 43.5 Å². The Labute approximate surface area is 224 Å². The molecule has 0 saturated heterocycles. The number of amides is 1. The Morgan fingerprint density at radius 3 is 2.27 bits per heavy atom. The molecule has 2 aromatic heterocycles. The zero-order chi connectivity index (χ0) is 29.1. The number of rotatable bonds is 8. The largest absolute Gasteiger partial charge is 0.406 e. The molecule has 7 nitrogen and oxygen atoms in total.